The van der Waals surface area contributed by atoms with E-state index >= 15 is 0 Å². The van der Waals surface area contributed by atoms with Gasteiger partial charge in [-0.15, -0.1) is 34.0 Å². The van der Waals surface area contributed by atoms with E-state index in [4.69, 9.17) is 6.57 Å². The average Bonchev–Trinajstić information content (AvgIpc) is 3.92. The van der Waals surface area contributed by atoms with E-state index < -0.39 is 11.8 Å². The summed E-state index contributed by atoms with van der Waals surface area (Å²) in [6.07, 6.45) is 19.1. The fourth-order valence-corrected chi connectivity index (χ4v) is 14.7. The molecule has 9 rings (SSSR count). The molecular formula is C42H36N4O4S3. The van der Waals surface area contributed by atoms with Crippen LogP contribution in [0.5, 0.6) is 0 Å². The van der Waals surface area contributed by atoms with Crippen molar-refractivity contribution in [1.82, 2.24) is 9.80 Å². The average molecular weight is 757 g/mol. The largest absolute Gasteiger partial charge is 0.287 e. The lowest BCUT2D eigenvalue weighted by Gasteiger charge is -2.37. The van der Waals surface area contributed by atoms with E-state index in [2.05, 4.69) is 17.0 Å². The molecule has 266 valence electrons. The molecule has 0 unspecified atom stereocenters. The summed E-state index contributed by atoms with van der Waals surface area (Å²) < 4.78 is 5.31. The topological polar surface area (TPSA) is 103 Å². The highest BCUT2D eigenvalue weighted by Crippen LogP contribution is 2.63. The number of carbonyl (C=O) groups is 4. The molecule has 53 heavy (non-hydrogen) atoms. The highest BCUT2D eigenvalue weighted by Gasteiger charge is 2.49. The second-order valence-corrected chi connectivity index (χ2v) is 18.4. The van der Waals surface area contributed by atoms with Gasteiger partial charge in [-0.05, 0) is 97.3 Å². The summed E-state index contributed by atoms with van der Waals surface area (Å²) in [5.74, 6) is -1.83. The molecular weight excluding hydrogens is 721 g/mol. The van der Waals surface area contributed by atoms with Crippen molar-refractivity contribution in [1.29, 1.82) is 5.26 Å². The number of thiophene rings is 3. The second-order valence-electron chi connectivity index (χ2n) is 15.2. The van der Waals surface area contributed by atoms with Crippen molar-refractivity contribution >= 4 is 88.6 Å². The zero-order valence-corrected chi connectivity index (χ0v) is 32.5. The Hall–Kier alpha value is -4.68. The molecule has 3 aromatic heterocycles. The van der Waals surface area contributed by atoms with Gasteiger partial charge in [0.15, 0.2) is 0 Å². The van der Waals surface area contributed by atoms with E-state index in [1.165, 1.54) is 66.6 Å². The minimum absolute atomic E-state index is 0.00414. The summed E-state index contributed by atoms with van der Waals surface area (Å²) in [5.41, 5.74) is 6.25. The van der Waals surface area contributed by atoms with E-state index in [0.29, 0.717) is 22.3 Å². The van der Waals surface area contributed by atoms with Crippen LogP contribution in [0.3, 0.4) is 0 Å². The summed E-state index contributed by atoms with van der Waals surface area (Å²) >= 11 is 5.58. The van der Waals surface area contributed by atoms with E-state index in [9.17, 15) is 24.4 Å². The predicted molar refractivity (Wildman–Crippen MR) is 210 cm³/mol. The van der Waals surface area contributed by atoms with Crippen LogP contribution in [0.15, 0.2) is 56.9 Å². The Balaban J connectivity index is 1.20. The lowest BCUT2D eigenvalue weighted by atomic mass is 9.67. The van der Waals surface area contributed by atoms with Gasteiger partial charge in [0.25, 0.3) is 29.3 Å². The number of hydrogen-bond acceptors (Lipinski definition) is 8. The highest BCUT2D eigenvalue weighted by atomic mass is 32.1. The monoisotopic (exact) mass is 756 g/mol. The number of likely N-dealkylation sites (N-methyl/N-ethyl adjacent to an activating group) is 2. The molecule has 4 aliphatic carbocycles. The Morgan fingerprint density at radius 1 is 0.679 bits per heavy atom. The molecule has 2 fully saturated rings. The van der Waals surface area contributed by atoms with Gasteiger partial charge in [0.2, 0.25) is 0 Å². The number of amides is 4. The molecule has 2 spiro atoms. The Morgan fingerprint density at radius 2 is 1.13 bits per heavy atom. The molecule has 4 amide bonds. The molecule has 5 heterocycles. The van der Waals surface area contributed by atoms with Gasteiger partial charge in [0.1, 0.15) is 11.6 Å². The Morgan fingerprint density at radius 3 is 1.58 bits per heavy atom. The molecule has 6 aliphatic rings. The van der Waals surface area contributed by atoms with Crippen molar-refractivity contribution < 1.29 is 19.2 Å². The van der Waals surface area contributed by atoms with Crippen LogP contribution in [0, 0.1) is 17.9 Å². The Labute approximate surface area is 319 Å². The van der Waals surface area contributed by atoms with Crippen molar-refractivity contribution in [2.24, 2.45) is 0 Å². The van der Waals surface area contributed by atoms with Gasteiger partial charge in [-0.2, -0.15) is 5.26 Å². The van der Waals surface area contributed by atoms with E-state index in [-0.39, 0.29) is 33.9 Å². The van der Waals surface area contributed by atoms with Crippen LogP contribution in [0.25, 0.3) is 35.8 Å². The third-order valence-electron chi connectivity index (χ3n) is 12.7. The van der Waals surface area contributed by atoms with Gasteiger partial charge >= 0.3 is 0 Å². The summed E-state index contributed by atoms with van der Waals surface area (Å²) in [4.78, 5) is 60.6. The van der Waals surface area contributed by atoms with Crippen molar-refractivity contribution in [2.45, 2.75) is 88.9 Å². The Kier molecular flexibility index (Phi) is 7.67. The van der Waals surface area contributed by atoms with Crippen molar-refractivity contribution in [3.8, 4) is 6.07 Å². The SMILES string of the molecule is [C-]#[N+]C1=C(C)/C(=C\C2=Cc3sc4c(sc5c6c(sc54)C=C(/C=C4/C(=O)N(C)C(=O)C(C#N)=C4C)C64CCCCC4)c3C23CCCCC3)C(=O)N(C)C1=O. The van der Waals surface area contributed by atoms with Crippen LogP contribution in [0.4, 0.5) is 0 Å². The maximum atomic E-state index is 13.5. The van der Waals surface area contributed by atoms with Gasteiger partial charge in [-0.25, -0.2) is 4.85 Å². The van der Waals surface area contributed by atoms with Crippen LogP contribution in [-0.2, 0) is 30.0 Å². The number of nitriles is 1. The number of allylic oxidation sites excluding steroid dienone is 4. The second kappa shape index (κ2) is 11.9. The molecule has 0 radical (unpaired) electrons. The molecule has 2 aliphatic heterocycles. The first kappa shape index (κ1) is 34.1. The number of hydrogen-bond donors (Lipinski definition) is 0. The predicted octanol–water partition coefficient (Wildman–Crippen LogP) is 9.26. The third kappa shape index (κ3) is 4.48. The highest BCUT2D eigenvalue weighted by molar-refractivity contribution is 7.39. The van der Waals surface area contributed by atoms with Crippen LogP contribution in [0.1, 0.15) is 98.9 Å². The molecule has 0 bridgehead atoms. The summed E-state index contributed by atoms with van der Waals surface area (Å²) in [7, 11) is 2.90. The fraction of sp³-hybridized carbons (Fsp3) is 0.381. The quantitative estimate of drug-likeness (QED) is 0.147. The number of carbonyl (C=O) groups excluding carboxylic acids is 4. The Bertz CT molecular complexity index is 2390. The van der Waals surface area contributed by atoms with E-state index in [1.54, 1.807) is 13.8 Å². The van der Waals surface area contributed by atoms with Gasteiger partial charge in [-0.1, -0.05) is 38.5 Å². The van der Waals surface area contributed by atoms with Gasteiger partial charge in [0.05, 0.1) is 25.4 Å². The van der Waals surface area contributed by atoms with Crippen molar-refractivity contribution in [3.05, 3.63) is 89.2 Å². The van der Waals surface area contributed by atoms with Crippen LogP contribution in [0.2, 0.25) is 0 Å². The molecule has 3 aromatic rings. The molecule has 0 atom stereocenters. The minimum atomic E-state index is -0.552. The molecule has 11 heteroatoms. The normalized spacial score (nSPS) is 24.0. The van der Waals surface area contributed by atoms with E-state index in [0.717, 1.165) is 72.3 Å². The molecule has 2 saturated carbocycles. The van der Waals surface area contributed by atoms with E-state index in [1.807, 2.05) is 52.2 Å². The molecule has 0 N–H and O–H groups in total. The summed E-state index contributed by atoms with van der Waals surface area (Å²) in [6, 6.07) is 2.04. The number of imide groups is 2. The van der Waals surface area contributed by atoms with Crippen LogP contribution in [-0.4, -0.2) is 47.5 Å². The van der Waals surface area contributed by atoms with Gasteiger partial charge in [0, 0.05) is 45.8 Å². The summed E-state index contributed by atoms with van der Waals surface area (Å²) in [5, 5.41) is 9.80. The maximum Gasteiger partial charge on any atom is 0.271 e. The standard InChI is InChI=1S/C42H36N4O4S3/c1-21-25(37(47)45(4)39(49)27(21)20-43)16-23-18-28-30(41(23)12-8-6-9-13-41)33-35(51-28)36-34(53-33)31-29(52-36)19-24(42(31)14-10-7-11-15-42)17-26-22(2)32(44-3)40(50)46(5)38(26)48/h16-19H,6-15H2,1-2,4-5H3/b25-16+,26-17+. The lowest BCUT2D eigenvalue weighted by Crippen LogP contribution is -2.40. The van der Waals surface area contributed by atoms with Crippen molar-refractivity contribution in [2.75, 3.05) is 14.1 Å². The first-order valence-electron chi connectivity index (χ1n) is 18.2. The van der Waals surface area contributed by atoms with Crippen molar-refractivity contribution in [3.63, 3.8) is 0 Å². The fourth-order valence-electron chi connectivity index (χ4n) is 9.86. The number of fused-ring (bicyclic) bond motifs is 9. The van der Waals surface area contributed by atoms with Gasteiger partial charge < -0.3 is 0 Å². The molecule has 8 nitrogen and oxygen atoms in total. The number of nitrogens with zero attached hydrogens (tertiary/aromatic N) is 4. The molecule has 0 aromatic carbocycles. The third-order valence-corrected chi connectivity index (χ3v) is 16.6. The zero-order valence-electron chi connectivity index (χ0n) is 30.0. The lowest BCUT2D eigenvalue weighted by molar-refractivity contribution is -0.140. The minimum Gasteiger partial charge on any atom is -0.287 e. The van der Waals surface area contributed by atoms with Gasteiger partial charge in [-0.3, -0.25) is 29.0 Å². The maximum absolute atomic E-state index is 13.5. The molecule has 0 saturated heterocycles. The smallest absolute Gasteiger partial charge is 0.271 e. The first-order valence-corrected chi connectivity index (χ1v) is 20.7. The zero-order chi connectivity index (χ0) is 37.1. The van der Waals surface area contributed by atoms with Crippen LogP contribution < -0.4 is 0 Å². The number of rotatable bonds is 2. The van der Waals surface area contributed by atoms with Crippen LogP contribution >= 0.6 is 34.0 Å². The first-order chi connectivity index (χ1) is 25.5. The summed E-state index contributed by atoms with van der Waals surface area (Å²) in [6.45, 7) is 11.1.